The van der Waals surface area contributed by atoms with E-state index >= 15 is 0 Å². The summed E-state index contributed by atoms with van der Waals surface area (Å²) >= 11 is 1.42. The maximum Gasteiger partial charge on any atom is 0.262 e. The number of rotatable bonds is 5. The molecule has 1 aliphatic heterocycles. The molecule has 3 nitrogen and oxygen atoms in total. The number of hydrogen-bond donors (Lipinski definition) is 1. The maximum atomic E-state index is 13.2. The monoisotopic (exact) mass is 394 g/mol. The first-order valence-corrected chi connectivity index (χ1v) is 10.4. The molecule has 28 heavy (non-hydrogen) atoms. The fourth-order valence-corrected chi connectivity index (χ4v) is 4.61. The van der Waals surface area contributed by atoms with Gasteiger partial charge in [-0.25, -0.2) is 4.39 Å². The number of nitrogens with zero attached hydrogens (tertiary/aromatic N) is 1. The Balaban J connectivity index is 1.41. The van der Waals surface area contributed by atoms with Crippen LogP contribution in [0.2, 0.25) is 0 Å². The van der Waals surface area contributed by atoms with Gasteiger partial charge in [0.25, 0.3) is 5.91 Å². The lowest BCUT2D eigenvalue weighted by Gasteiger charge is -2.24. The molecule has 1 aromatic heterocycles. The van der Waals surface area contributed by atoms with Crippen molar-refractivity contribution in [2.45, 2.75) is 25.4 Å². The smallest absolute Gasteiger partial charge is 0.262 e. The van der Waals surface area contributed by atoms with E-state index in [1.165, 1.54) is 29.0 Å². The minimum atomic E-state index is -0.274. The van der Waals surface area contributed by atoms with Gasteiger partial charge in [0.2, 0.25) is 0 Å². The molecule has 1 fully saturated rings. The van der Waals surface area contributed by atoms with Crippen LogP contribution in [0.5, 0.6) is 0 Å². The standard InChI is InChI=1S/C23H23FN2OS/c1-16(17-5-3-2-4-6-17)26-13-11-20(15-26)25-23(27)22-21(12-14-28-22)18-7-9-19(24)10-8-18/h2-10,12,14,16,20H,11,13,15H2,1H3,(H,25,27)/t16-,20-/m1/s1. The Morgan fingerprint density at radius 2 is 1.89 bits per heavy atom. The Kier molecular flexibility index (Phi) is 5.55. The second-order valence-corrected chi connectivity index (χ2v) is 8.13. The topological polar surface area (TPSA) is 32.3 Å². The molecule has 2 atom stereocenters. The van der Waals surface area contributed by atoms with Crippen molar-refractivity contribution in [1.82, 2.24) is 10.2 Å². The molecule has 4 rings (SSSR count). The molecule has 1 aliphatic rings. The Bertz CT molecular complexity index is 939. The molecule has 0 spiro atoms. The molecule has 0 unspecified atom stereocenters. The minimum absolute atomic E-state index is 0.0476. The lowest BCUT2D eigenvalue weighted by molar-refractivity contribution is 0.0941. The maximum absolute atomic E-state index is 13.2. The highest BCUT2D eigenvalue weighted by atomic mass is 32.1. The van der Waals surface area contributed by atoms with E-state index in [0.29, 0.717) is 10.9 Å². The molecule has 1 amide bonds. The Morgan fingerprint density at radius 1 is 1.14 bits per heavy atom. The highest BCUT2D eigenvalue weighted by Crippen LogP contribution is 2.29. The van der Waals surface area contributed by atoms with Crippen molar-refractivity contribution in [2.75, 3.05) is 13.1 Å². The van der Waals surface area contributed by atoms with Crippen LogP contribution >= 0.6 is 11.3 Å². The number of halogens is 1. The summed E-state index contributed by atoms with van der Waals surface area (Å²) in [5.41, 5.74) is 3.01. The minimum Gasteiger partial charge on any atom is -0.347 e. The van der Waals surface area contributed by atoms with Gasteiger partial charge in [0.1, 0.15) is 5.82 Å². The Hall–Kier alpha value is -2.50. The van der Waals surface area contributed by atoms with Crippen LogP contribution in [-0.2, 0) is 0 Å². The zero-order valence-electron chi connectivity index (χ0n) is 15.8. The third-order valence-corrected chi connectivity index (χ3v) is 6.32. The second-order valence-electron chi connectivity index (χ2n) is 7.21. The van der Waals surface area contributed by atoms with Gasteiger partial charge in [-0.2, -0.15) is 0 Å². The van der Waals surface area contributed by atoms with Crippen LogP contribution in [0.4, 0.5) is 4.39 Å². The Morgan fingerprint density at radius 3 is 2.64 bits per heavy atom. The second kappa shape index (κ2) is 8.25. The average molecular weight is 395 g/mol. The van der Waals surface area contributed by atoms with Gasteiger partial charge in [0.05, 0.1) is 4.88 Å². The number of amides is 1. The molecule has 1 saturated heterocycles. The SMILES string of the molecule is C[C@H](c1ccccc1)N1CC[C@@H](NC(=O)c2sccc2-c2ccc(F)cc2)C1. The molecule has 2 aromatic carbocycles. The molecule has 0 radical (unpaired) electrons. The summed E-state index contributed by atoms with van der Waals surface area (Å²) in [6.45, 7) is 4.03. The lowest BCUT2D eigenvalue weighted by Crippen LogP contribution is -2.37. The number of carbonyl (C=O) groups is 1. The van der Waals surface area contributed by atoms with Crippen molar-refractivity contribution in [1.29, 1.82) is 0 Å². The molecule has 3 aromatic rings. The van der Waals surface area contributed by atoms with Crippen molar-refractivity contribution in [3.05, 3.63) is 82.3 Å². The van der Waals surface area contributed by atoms with Crippen LogP contribution in [0.15, 0.2) is 66.0 Å². The number of nitrogens with one attached hydrogen (secondary N) is 1. The normalized spacial score (nSPS) is 18.1. The number of carbonyl (C=O) groups excluding carboxylic acids is 1. The van der Waals surface area contributed by atoms with Gasteiger partial charge in [-0.15, -0.1) is 11.3 Å². The van der Waals surface area contributed by atoms with E-state index in [0.717, 1.165) is 30.6 Å². The predicted molar refractivity (Wildman–Crippen MR) is 112 cm³/mol. The van der Waals surface area contributed by atoms with Gasteiger partial charge in [0.15, 0.2) is 0 Å². The largest absolute Gasteiger partial charge is 0.347 e. The van der Waals surface area contributed by atoms with Crippen LogP contribution in [0, 0.1) is 5.82 Å². The van der Waals surface area contributed by atoms with E-state index in [1.54, 1.807) is 12.1 Å². The van der Waals surface area contributed by atoms with Gasteiger partial charge in [0, 0.05) is 30.7 Å². The predicted octanol–water partition coefficient (Wildman–Crippen LogP) is 5.12. The number of hydrogen-bond acceptors (Lipinski definition) is 3. The van der Waals surface area contributed by atoms with Gasteiger partial charge < -0.3 is 5.32 Å². The van der Waals surface area contributed by atoms with E-state index in [9.17, 15) is 9.18 Å². The molecular formula is C23H23FN2OS. The summed E-state index contributed by atoms with van der Waals surface area (Å²) in [5, 5.41) is 5.10. The van der Waals surface area contributed by atoms with E-state index < -0.39 is 0 Å². The first-order valence-electron chi connectivity index (χ1n) is 9.55. The first-order chi connectivity index (χ1) is 13.6. The van der Waals surface area contributed by atoms with Crippen LogP contribution in [-0.4, -0.2) is 29.9 Å². The summed E-state index contributed by atoms with van der Waals surface area (Å²) in [6.07, 6.45) is 0.945. The summed E-state index contributed by atoms with van der Waals surface area (Å²) in [5.74, 6) is -0.322. The van der Waals surface area contributed by atoms with E-state index in [4.69, 9.17) is 0 Å². The van der Waals surface area contributed by atoms with Gasteiger partial charge in [-0.3, -0.25) is 9.69 Å². The zero-order valence-corrected chi connectivity index (χ0v) is 16.6. The van der Waals surface area contributed by atoms with E-state index in [-0.39, 0.29) is 17.8 Å². The van der Waals surface area contributed by atoms with Crippen molar-refractivity contribution in [3.63, 3.8) is 0 Å². The van der Waals surface area contributed by atoms with E-state index in [1.807, 2.05) is 17.5 Å². The fraction of sp³-hybridized carbons (Fsp3) is 0.261. The molecule has 0 bridgehead atoms. The number of benzene rings is 2. The van der Waals surface area contributed by atoms with Crippen molar-refractivity contribution >= 4 is 17.2 Å². The van der Waals surface area contributed by atoms with Gasteiger partial charge in [-0.1, -0.05) is 42.5 Å². The van der Waals surface area contributed by atoms with E-state index in [2.05, 4.69) is 41.4 Å². The van der Waals surface area contributed by atoms with Gasteiger partial charge >= 0.3 is 0 Å². The highest BCUT2D eigenvalue weighted by Gasteiger charge is 2.28. The zero-order chi connectivity index (χ0) is 19.5. The highest BCUT2D eigenvalue weighted by molar-refractivity contribution is 7.12. The summed E-state index contributed by atoms with van der Waals surface area (Å²) < 4.78 is 13.2. The lowest BCUT2D eigenvalue weighted by atomic mass is 10.1. The molecule has 144 valence electrons. The summed E-state index contributed by atoms with van der Waals surface area (Å²) in [4.78, 5) is 16.0. The molecule has 5 heteroatoms. The number of likely N-dealkylation sites (tertiary alicyclic amines) is 1. The summed E-state index contributed by atoms with van der Waals surface area (Å²) in [6, 6.07) is 19.1. The van der Waals surface area contributed by atoms with Crippen molar-refractivity contribution in [2.24, 2.45) is 0 Å². The molecule has 1 N–H and O–H groups in total. The molecule has 0 aliphatic carbocycles. The fourth-order valence-electron chi connectivity index (χ4n) is 3.79. The van der Waals surface area contributed by atoms with Crippen LogP contribution in [0.25, 0.3) is 11.1 Å². The average Bonchev–Trinajstić information content (AvgIpc) is 3.38. The molecule has 0 saturated carbocycles. The van der Waals surface area contributed by atoms with Gasteiger partial charge in [-0.05, 0) is 48.1 Å². The quantitative estimate of drug-likeness (QED) is 0.651. The summed E-state index contributed by atoms with van der Waals surface area (Å²) in [7, 11) is 0. The molecular weight excluding hydrogens is 371 g/mol. The first kappa shape index (κ1) is 18.8. The van der Waals surface area contributed by atoms with Crippen LogP contribution in [0.3, 0.4) is 0 Å². The third kappa shape index (κ3) is 4.01. The third-order valence-electron chi connectivity index (χ3n) is 5.41. The van der Waals surface area contributed by atoms with Crippen LogP contribution in [0.1, 0.15) is 34.6 Å². The van der Waals surface area contributed by atoms with Crippen LogP contribution < -0.4 is 5.32 Å². The van der Waals surface area contributed by atoms with Crippen molar-refractivity contribution < 1.29 is 9.18 Å². The number of thiophene rings is 1. The Labute approximate surface area is 168 Å². The molecule has 2 heterocycles. The van der Waals surface area contributed by atoms with Crippen molar-refractivity contribution in [3.8, 4) is 11.1 Å².